The molecule has 0 fully saturated rings. The lowest BCUT2D eigenvalue weighted by Crippen LogP contribution is -2.27. The first-order valence-corrected chi connectivity index (χ1v) is 7.25. The maximum absolute atomic E-state index is 8.98. The first-order valence-electron chi connectivity index (χ1n) is 6.46. The number of rotatable bonds is 7. The molecule has 0 amide bonds. The third-order valence-corrected chi connectivity index (χ3v) is 3.69. The predicted octanol–water partition coefficient (Wildman–Crippen LogP) is 2.94. The average Bonchev–Trinajstić information content (AvgIpc) is 2.39. The summed E-state index contributed by atoms with van der Waals surface area (Å²) in [6.07, 6.45) is 0.803. The third-order valence-electron chi connectivity index (χ3n) is 3.20. The summed E-state index contributed by atoms with van der Waals surface area (Å²) in [6.45, 7) is 6.38. The Morgan fingerprint density at radius 3 is 2.72 bits per heavy atom. The Balaban J connectivity index is 3.04. The normalized spacial score (nSPS) is 12.5. The number of aliphatic hydroxyl groups excluding tert-OH is 1. The fraction of sp³-hybridized carbons (Fsp3) is 0.571. The number of anilines is 1. The second-order valence-electron chi connectivity index (χ2n) is 4.37. The van der Waals surface area contributed by atoms with Crippen LogP contribution in [-0.4, -0.2) is 31.9 Å². The summed E-state index contributed by atoms with van der Waals surface area (Å²) in [6, 6.07) is 6.69. The van der Waals surface area contributed by atoms with E-state index in [4.69, 9.17) is 5.11 Å². The van der Waals surface area contributed by atoms with E-state index in [0.717, 1.165) is 24.0 Å². The van der Waals surface area contributed by atoms with Crippen LogP contribution in [0.15, 0.2) is 22.7 Å². The van der Waals surface area contributed by atoms with Gasteiger partial charge in [0.2, 0.25) is 0 Å². The van der Waals surface area contributed by atoms with Gasteiger partial charge in [0, 0.05) is 35.9 Å². The van der Waals surface area contributed by atoms with Crippen LogP contribution in [0.25, 0.3) is 0 Å². The summed E-state index contributed by atoms with van der Waals surface area (Å²) in [5.74, 6) is 0. The second-order valence-corrected chi connectivity index (χ2v) is 5.29. The Kier molecular flexibility index (Phi) is 6.68. The maximum atomic E-state index is 8.98. The highest BCUT2D eigenvalue weighted by molar-refractivity contribution is 9.10. The minimum Gasteiger partial charge on any atom is -0.396 e. The van der Waals surface area contributed by atoms with Crippen LogP contribution in [0.2, 0.25) is 0 Å². The van der Waals surface area contributed by atoms with E-state index in [9.17, 15) is 0 Å². The van der Waals surface area contributed by atoms with E-state index in [1.165, 1.54) is 11.3 Å². The van der Waals surface area contributed by atoms with E-state index >= 15 is 0 Å². The molecule has 0 aliphatic carbocycles. The summed E-state index contributed by atoms with van der Waals surface area (Å²) in [5.41, 5.74) is 2.53. The molecule has 1 aromatic carbocycles. The van der Waals surface area contributed by atoms with Crippen molar-refractivity contribution in [2.45, 2.75) is 26.3 Å². The van der Waals surface area contributed by atoms with Gasteiger partial charge in [0.25, 0.3) is 0 Å². The Morgan fingerprint density at radius 1 is 1.44 bits per heavy atom. The number of benzene rings is 1. The molecule has 18 heavy (non-hydrogen) atoms. The highest BCUT2D eigenvalue weighted by Gasteiger charge is 2.14. The number of aliphatic hydroxyl groups is 1. The highest BCUT2D eigenvalue weighted by Crippen LogP contribution is 2.29. The monoisotopic (exact) mass is 314 g/mol. The maximum Gasteiger partial charge on any atom is 0.0447 e. The quantitative estimate of drug-likeness (QED) is 0.812. The first kappa shape index (κ1) is 15.5. The van der Waals surface area contributed by atoms with E-state index in [2.05, 4.69) is 58.2 Å². The number of halogens is 1. The molecular formula is C14H23BrN2O. The summed E-state index contributed by atoms with van der Waals surface area (Å²) >= 11 is 3.53. The fourth-order valence-corrected chi connectivity index (χ4v) is 2.40. The van der Waals surface area contributed by atoms with Crippen molar-refractivity contribution in [3.8, 4) is 0 Å². The molecule has 0 spiro atoms. The van der Waals surface area contributed by atoms with Crippen molar-refractivity contribution < 1.29 is 5.11 Å². The molecule has 1 atom stereocenters. The van der Waals surface area contributed by atoms with Crippen molar-refractivity contribution in [1.29, 1.82) is 0 Å². The van der Waals surface area contributed by atoms with E-state index in [1.807, 2.05) is 7.05 Å². The average molecular weight is 315 g/mol. The fourth-order valence-electron chi connectivity index (χ4n) is 2.03. The summed E-state index contributed by atoms with van der Waals surface area (Å²) in [7, 11) is 1.97. The van der Waals surface area contributed by atoms with Gasteiger partial charge in [0.15, 0.2) is 0 Å². The number of nitrogens with zero attached hydrogens (tertiary/aromatic N) is 1. The molecule has 3 nitrogen and oxygen atoms in total. The molecule has 1 unspecified atom stereocenters. The SMILES string of the molecule is CCN(CCCO)c1ccc(Br)cc1C(C)NC. The van der Waals surface area contributed by atoms with Gasteiger partial charge in [-0.15, -0.1) is 0 Å². The molecule has 0 saturated carbocycles. The van der Waals surface area contributed by atoms with Gasteiger partial charge >= 0.3 is 0 Å². The molecule has 0 aromatic heterocycles. The van der Waals surface area contributed by atoms with Crippen LogP contribution >= 0.6 is 15.9 Å². The van der Waals surface area contributed by atoms with Crippen LogP contribution in [0.5, 0.6) is 0 Å². The zero-order valence-electron chi connectivity index (χ0n) is 11.4. The zero-order valence-corrected chi connectivity index (χ0v) is 13.0. The van der Waals surface area contributed by atoms with Crippen LogP contribution in [-0.2, 0) is 0 Å². The van der Waals surface area contributed by atoms with Crippen molar-refractivity contribution in [2.24, 2.45) is 0 Å². The van der Waals surface area contributed by atoms with Crippen molar-refractivity contribution in [1.82, 2.24) is 5.32 Å². The smallest absolute Gasteiger partial charge is 0.0447 e. The van der Waals surface area contributed by atoms with Gasteiger partial charge in [-0.25, -0.2) is 0 Å². The Bertz CT molecular complexity index is 371. The van der Waals surface area contributed by atoms with Gasteiger partial charge in [-0.3, -0.25) is 0 Å². The minimum absolute atomic E-state index is 0.240. The lowest BCUT2D eigenvalue weighted by atomic mass is 10.0. The molecule has 1 aromatic rings. The third kappa shape index (κ3) is 3.97. The van der Waals surface area contributed by atoms with Crippen LogP contribution in [0.4, 0.5) is 5.69 Å². The topological polar surface area (TPSA) is 35.5 Å². The summed E-state index contributed by atoms with van der Waals surface area (Å²) in [4.78, 5) is 2.31. The van der Waals surface area contributed by atoms with Crippen molar-refractivity contribution in [3.63, 3.8) is 0 Å². The summed E-state index contributed by atoms with van der Waals surface area (Å²) in [5, 5.41) is 12.3. The Hall–Kier alpha value is -0.580. The van der Waals surface area contributed by atoms with Gasteiger partial charge in [-0.2, -0.15) is 0 Å². The van der Waals surface area contributed by atoms with E-state index in [1.54, 1.807) is 0 Å². The largest absolute Gasteiger partial charge is 0.396 e. The standard InChI is InChI=1S/C14H23BrN2O/c1-4-17(8-5-9-18)14-7-6-12(15)10-13(14)11(2)16-3/h6-7,10-11,16,18H,4-5,8-9H2,1-3H3. The molecule has 2 N–H and O–H groups in total. The highest BCUT2D eigenvalue weighted by atomic mass is 79.9. The van der Waals surface area contributed by atoms with Crippen LogP contribution in [0, 0.1) is 0 Å². The molecule has 0 aliphatic rings. The van der Waals surface area contributed by atoms with Crippen LogP contribution in [0.3, 0.4) is 0 Å². The molecule has 1 rings (SSSR count). The van der Waals surface area contributed by atoms with Gasteiger partial charge < -0.3 is 15.3 Å². The molecule has 0 radical (unpaired) electrons. The van der Waals surface area contributed by atoms with Crippen molar-refractivity contribution in [2.75, 3.05) is 31.6 Å². The number of nitrogens with one attached hydrogen (secondary N) is 1. The van der Waals surface area contributed by atoms with Crippen LogP contribution in [0.1, 0.15) is 31.9 Å². The lowest BCUT2D eigenvalue weighted by Gasteiger charge is -2.28. The first-order chi connectivity index (χ1) is 8.63. The second kappa shape index (κ2) is 7.77. The molecular weight excluding hydrogens is 292 g/mol. The molecule has 0 bridgehead atoms. The molecule has 0 saturated heterocycles. The predicted molar refractivity (Wildman–Crippen MR) is 81.2 cm³/mol. The van der Waals surface area contributed by atoms with Crippen molar-refractivity contribution in [3.05, 3.63) is 28.2 Å². The molecule has 0 heterocycles. The Labute approximate surface area is 118 Å². The van der Waals surface area contributed by atoms with Gasteiger partial charge in [-0.1, -0.05) is 15.9 Å². The van der Waals surface area contributed by atoms with Gasteiger partial charge in [0.1, 0.15) is 0 Å². The van der Waals surface area contributed by atoms with Crippen molar-refractivity contribution >= 4 is 21.6 Å². The van der Waals surface area contributed by atoms with Gasteiger partial charge in [-0.05, 0) is 51.1 Å². The van der Waals surface area contributed by atoms with Gasteiger partial charge in [0.05, 0.1) is 0 Å². The molecule has 0 aliphatic heterocycles. The summed E-state index contributed by atoms with van der Waals surface area (Å²) < 4.78 is 1.10. The van der Waals surface area contributed by atoms with E-state index in [0.29, 0.717) is 6.04 Å². The molecule has 4 heteroatoms. The lowest BCUT2D eigenvalue weighted by molar-refractivity contribution is 0.289. The number of hydrogen-bond acceptors (Lipinski definition) is 3. The van der Waals surface area contributed by atoms with E-state index in [-0.39, 0.29) is 6.61 Å². The molecule has 102 valence electrons. The number of hydrogen-bond donors (Lipinski definition) is 2. The van der Waals surface area contributed by atoms with E-state index < -0.39 is 0 Å². The minimum atomic E-state index is 0.240. The van der Waals surface area contributed by atoms with Crippen LogP contribution < -0.4 is 10.2 Å². The Morgan fingerprint density at radius 2 is 2.17 bits per heavy atom. The zero-order chi connectivity index (χ0) is 13.5.